The van der Waals surface area contributed by atoms with E-state index < -0.39 is 0 Å². The van der Waals surface area contributed by atoms with E-state index >= 15 is 0 Å². The molecule has 0 aliphatic carbocycles. The van der Waals surface area contributed by atoms with Crippen molar-refractivity contribution in [1.29, 1.82) is 0 Å². The Bertz CT molecular complexity index is 741. The minimum atomic E-state index is -0.356. The fourth-order valence-electron chi connectivity index (χ4n) is 2.98. The van der Waals surface area contributed by atoms with Crippen molar-refractivity contribution in [3.63, 3.8) is 0 Å². The average Bonchev–Trinajstić information content (AvgIpc) is 2.99. The van der Waals surface area contributed by atoms with Crippen molar-refractivity contribution in [2.24, 2.45) is 0 Å². The monoisotopic (exact) mass is 314 g/mol. The van der Waals surface area contributed by atoms with E-state index in [2.05, 4.69) is 15.3 Å². The van der Waals surface area contributed by atoms with E-state index in [-0.39, 0.29) is 36.1 Å². The van der Waals surface area contributed by atoms with Gasteiger partial charge in [0.15, 0.2) is 5.89 Å². The molecule has 1 aliphatic heterocycles. The van der Waals surface area contributed by atoms with Crippen LogP contribution in [0.15, 0.2) is 28.9 Å². The highest BCUT2D eigenvalue weighted by atomic mass is 16.4. The van der Waals surface area contributed by atoms with E-state index in [1.807, 2.05) is 12.1 Å². The van der Waals surface area contributed by atoms with E-state index in [1.54, 1.807) is 38.2 Å². The van der Waals surface area contributed by atoms with Crippen LogP contribution < -0.4 is 5.32 Å². The van der Waals surface area contributed by atoms with Gasteiger partial charge in [0.2, 0.25) is 11.7 Å². The first kappa shape index (κ1) is 15.2. The lowest BCUT2D eigenvalue weighted by Crippen LogP contribution is -2.39. The molecule has 7 heteroatoms. The highest BCUT2D eigenvalue weighted by Gasteiger charge is 2.40. The van der Waals surface area contributed by atoms with Crippen molar-refractivity contribution in [2.45, 2.75) is 32.4 Å². The Labute approximate surface area is 133 Å². The molecule has 2 aromatic rings. The Morgan fingerprint density at radius 2 is 2.22 bits per heavy atom. The number of nitrogens with zero attached hydrogens (tertiary/aromatic N) is 3. The molecule has 23 heavy (non-hydrogen) atoms. The van der Waals surface area contributed by atoms with Gasteiger partial charge in [0.25, 0.3) is 5.91 Å². The minimum Gasteiger partial charge on any atom is -0.436 e. The molecule has 1 N–H and O–H groups in total. The molecule has 7 nitrogen and oxygen atoms in total. The van der Waals surface area contributed by atoms with Gasteiger partial charge in [-0.25, -0.2) is 4.98 Å². The summed E-state index contributed by atoms with van der Waals surface area (Å²) in [6.07, 6.45) is 3.63. The normalized spacial score (nSPS) is 20.8. The second-order valence-corrected chi connectivity index (χ2v) is 5.67. The van der Waals surface area contributed by atoms with Gasteiger partial charge in [-0.1, -0.05) is 6.07 Å². The van der Waals surface area contributed by atoms with E-state index in [4.69, 9.17) is 4.42 Å². The number of nitrogens with one attached hydrogen (secondary N) is 1. The number of oxazole rings is 1. The topological polar surface area (TPSA) is 88.3 Å². The predicted octanol–water partition coefficient (Wildman–Crippen LogP) is 1.39. The van der Waals surface area contributed by atoms with Gasteiger partial charge in [-0.15, -0.1) is 0 Å². The Hall–Kier alpha value is -2.70. The molecule has 3 rings (SSSR count). The quantitative estimate of drug-likeness (QED) is 0.925. The fourth-order valence-corrected chi connectivity index (χ4v) is 2.98. The second kappa shape index (κ2) is 5.83. The lowest BCUT2D eigenvalue weighted by Gasteiger charge is -2.25. The summed E-state index contributed by atoms with van der Waals surface area (Å²) >= 11 is 0. The average molecular weight is 314 g/mol. The molecule has 0 unspecified atom stereocenters. The molecule has 0 radical (unpaired) electrons. The van der Waals surface area contributed by atoms with E-state index in [0.717, 1.165) is 5.56 Å². The van der Waals surface area contributed by atoms with Gasteiger partial charge in [-0.2, -0.15) is 0 Å². The molecule has 1 aliphatic rings. The maximum atomic E-state index is 12.4. The van der Waals surface area contributed by atoms with Gasteiger partial charge in [0, 0.05) is 32.8 Å². The van der Waals surface area contributed by atoms with Gasteiger partial charge in [-0.3, -0.25) is 14.6 Å². The van der Waals surface area contributed by atoms with E-state index in [1.165, 1.54) is 0 Å². The summed E-state index contributed by atoms with van der Waals surface area (Å²) < 4.78 is 5.35. The number of aromatic nitrogens is 2. The first-order valence-electron chi connectivity index (χ1n) is 7.38. The Kier molecular flexibility index (Phi) is 3.85. The summed E-state index contributed by atoms with van der Waals surface area (Å²) in [6.45, 7) is 3.41. The van der Waals surface area contributed by atoms with Crippen molar-refractivity contribution in [3.05, 3.63) is 47.4 Å². The summed E-state index contributed by atoms with van der Waals surface area (Å²) in [7, 11) is 1.73. The molecule has 2 atom stereocenters. The molecule has 3 heterocycles. The summed E-state index contributed by atoms with van der Waals surface area (Å²) in [5, 5.41) is 2.90. The molecule has 0 bridgehead atoms. The minimum absolute atomic E-state index is 0.0189. The van der Waals surface area contributed by atoms with Crippen molar-refractivity contribution in [3.8, 4) is 0 Å². The van der Waals surface area contributed by atoms with Crippen LogP contribution in [0, 0.1) is 13.8 Å². The number of hydrogen-bond donors (Lipinski definition) is 1. The van der Waals surface area contributed by atoms with Crippen LogP contribution in [0.5, 0.6) is 0 Å². The largest absolute Gasteiger partial charge is 0.436 e. The lowest BCUT2D eigenvalue weighted by molar-refractivity contribution is -0.127. The number of likely N-dealkylation sites (tertiary alicyclic amines) is 1. The molecule has 120 valence electrons. The first-order valence-corrected chi connectivity index (χ1v) is 7.38. The zero-order valence-electron chi connectivity index (χ0n) is 13.2. The smallest absolute Gasteiger partial charge is 0.289 e. The second-order valence-electron chi connectivity index (χ2n) is 5.67. The number of carbonyl (C=O) groups is 2. The highest BCUT2D eigenvalue weighted by Crippen LogP contribution is 2.31. The number of carbonyl (C=O) groups excluding carboxylic acids is 2. The molecular formula is C16H18N4O3. The number of pyridine rings is 1. The summed E-state index contributed by atoms with van der Waals surface area (Å²) in [6, 6.07) is 3.13. The third kappa shape index (κ3) is 2.81. The van der Waals surface area contributed by atoms with Crippen LogP contribution in [0.2, 0.25) is 0 Å². The van der Waals surface area contributed by atoms with Crippen LogP contribution >= 0.6 is 0 Å². The molecular weight excluding hydrogens is 296 g/mol. The number of likely N-dealkylation sites (N-methyl/N-ethyl adjacent to an activating group) is 1. The van der Waals surface area contributed by atoms with Crippen molar-refractivity contribution in [1.82, 2.24) is 20.2 Å². The van der Waals surface area contributed by atoms with E-state index in [0.29, 0.717) is 11.6 Å². The van der Waals surface area contributed by atoms with Gasteiger partial charge in [-0.05, 0) is 18.6 Å². The first-order chi connectivity index (χ1) is 11.0. The zero-order chi connectivity index (χ0) is 16.6. The van der Waals surface area contributed by atoms with Crippen LogP contribution in [0.3, 0.4) is 0 Å². The Balaban J connectivity index is 1.84. The molecule has 0 saturated carbocycles. The summed E-state index contributed by atoms with van der Waals surface area (Å²) in [4.78, 5) is 34.3. The summed E-state index contributed by atoms with van der Waals surface area (Å²) in [5.41, 5.74) is 1.42. The molecule has 1 saturated heterocycles. The molecule has 2 aromatic heterocycles. The van der Waals surface area contributed by atoms with Gasteiger partial charge in [0.05, 0.1) is 17.8 Å². The van der Waals surface area contributed by atoms with Crippen molar-refractivity contribution in [2.75, 3.05) is 7.05 Å². The van der Waals surface area contributed by atoms with Gasteiger partial charge >= 0.3 is 0 Å². The van der Waals surface area contributed by atoms with Crippen LogP contribution in [-0.2, 0) is 4.79 Å². The maximum Gasteiger partial charge on any atom is 0.289 e. The Morgan fingerprint density at radius 1 is 1.43 bits per heavy atom. The number of hydrogen-bond acceptors (Lipinski definition) is 5. The zero-order valence-corrected chi connectivity index (χ0v) is 13.2. The van der Waals surface area contributed by atoms with Gasteiger partial charge in [0.1, 0.15) is 0 Å². The molecule has 0 spiro atoms. The predicted molar refractivity (Wildman–Crippen MR) is 81.6 cm³/mol. The van der Waals surface area contributed by atoms with Crippen LogP contribution in [0.25, 0.3) is 0 Å². The van der Waals surface area contributed by atoms with Crippen LogP contribution in [-0.4, -0.2) is 39.8 Å². The SMILES string of the molecule is Cc1nc(C)c(C(=O)N[C@@H]2CC(=O)N(C)[C@H]2c2cccnc2)o1. The number of amides is 2. The molecule has 2 amide bonds. The van der Waals surface area contributed by atoms with Crippen molar-refractivity contribution >= 4 is 11.8 Å². The Morgan fingerprint density at radius 3 is 2.83 bits per heavy atom. The molecule has 0 aromatic carbocycles. The van der Waals surface area contributed by atoms with Crippen molar-refractivity contribution < 1.29 is 14.0 Å². The molecule has 1 fully saturated rings. The van der Waals surface area contributed by atoms with E-state index in [9.17, 15) is 9.59 Å². The maximum absolute atomic E-state index is 12.4. The third-order valence-corrected chi connectivity index (χ3v) is 4.04. The van der Waals surface area contributed by atoms with Crippen LogP contribution in [0.4, 0.5) is 0 Å². The fraction of sp³-hybridized carbons (Fsp3) is 0.375. The third-order valence-electron chi connectivity index (χ3n) is 4.04. The summed E-state index contributed by atoms with van der Waals surface area (Å²) in [5.74, 6) is 0.255. The lowest BCUT2D eigenvalue weighted by atomic mass is 10.0. The van der Waals surface area contributed by atoms with Gasteiger partial charge < -0.3 is 14.6 Å². The number of aryl methyl sites for hydroxylation is 2. The van der Waals surface area contributed by atoms with Crippen LogP contribution in [0.1, 0.15) is 40.2 Å². The highest BCUT2D eigenvalue weighted by molar-refractivity contribution is 5.93. The standard InChI is InChI=1S/C16H18N4O3/c1-9-15(23-10(2)18-9)16(22)19-12-7-13(21)20(3)14(12)11-5-4-6-17-8-11/h4-6,8,12,14H,7H2,1-3H3,(H,19,22)/t12-,14+/m1/s1. The number of rotatable bonds is 3.